The molecule has 0 aliphatic rings. The number of hydrogen-bond donors (Lipinski definition) is 0. The molecule has 2 rings (SSSR count). The van der Waals surface area contributed by atoms with Crippen LogP contribution in [0.2, 0.25) is 0 Å². The van der Waals surface area contributed by atoms with Crippen molar-refractivity contribution < 1.29 is 0 Å². The Hall–Kier alpha value is -1.57. The Morgan fingerprint density at radius 2 is 0.800 bits per heavy atom. The van der Waals surface area contributed by atoms with E-state index in [2.05, 4.69) is 66.3 Å². The fourth-order valence-corrected chi connectivity index (χ4v) is 8.30. The van der Waals surface area contributed by atoms with Crippen LogP contribution in [0, 0.1) is 5.92 Å². The molecular formula is C48H86N2. The van der Waals surface area contributed by atoms with Gasteiger partial charge in [-0.1, -0.05) is 250 Å². The number of benzene rings is 1. The van der Waals surface area contributed by atoms with Crippen LogP contribution in [-0.4, -0.2) is 9.55 Å². The zero-order valence-electron chi connectivity index (χ0n) is 33.9. The summed E-state index contributed by atoms with van der Waals surface area (Å²) in [5, 5.41) is 0. The normalized spacial score (nSPS) is 12.8. The third-order valence-corrected chi connectivity index (χ3v) is 11.6. The molecular weight excluding hydrogens is 605 g/mol. The first-order chi connectivity index (χ1) is 24.8. The summed E-state index contributed by atoms with van der Waals surface area (Å²) in [5.74, 6) is 0.689. The zero-order chi connectivity index (χ0) is 35.4. The van der Waals surface area contributed by atoms with Gasteiger partial charge in [-0.2, -0.15) is 0 Å². The van der Waals surface area contributed by atoms with E-state index >= 15 is 0 Å². The van der Waals surface area contributed by atoms with Gasteiger partial charge in [-0.15, -0.1) is 0 Å². The molecule has 2 aromatic rings. The van der Waals surface area contributed by atoms with Crippen LogP contribution in [0.4, 0.5) is 0 Å². The molecule has 2 unspecified atom stereocenters. The predicted octanol–water partition coefficient (Wildman–Crippen LogP) is 16.6. The summed E-state index contributed by atoms with van der Waals surface area (Å²) in [4.78, 5) is 4.50. The van der Waals surface area contributed by atoms with Crippen molar-refractivity contribution in [1.82, 2.24) is 9.55 Å². The minimum absolute atomic E-state index is 0.570. The van der Waals surface area contributed by atoms with Gasteiger partial charge in [0.15, 0.2) is 0 Å². The number of unbranched alkanes of at least 4 members (excludes halogenated alkanes) is 30. The van der Waals surface area contributed by atoms with Crippen molar-refractivity contribution in [2.24, 2.45) is 5.92 Å². The van der Waals surface area contributed by atoms with Gasteiger partial charge in [-0.3, -0.25) is 0 Å². The standard InChI is InChI=1S/C48H86N2/c1-3-5-7-9-11-13-15-17-19-20-22-24-26-28-30-32-37-41-48(50-43-42-49-45-50)47(44-46-38-34-33-35-39-46)40-36-31-29-27-25-23-21-18-16-14-12-10-8-6-4-2/h33-35,38-39,42-43,45,47-48H,3-32,36-37,40-41,44H2,1-2H3. The quantitative estimate of drug-likeness (QED) is 0.0641. The van der Waals surface area contributed by atoms with Gasteiger partial charge in [0, 0.05) is 18.4 Å². The highest BCUT2D eigenvalue weighted by atomic mass is 15.1. The average molecular weight is 691 g/mol. The maximum absolute atomic E-state index is 4.50. The lowest BCUT2D eigenvalue weighted by molar-refractivity contribution is 0.275. The topological polar surface area (TPSA) is 17.8 Å². The molecule has 0 fully saturated rings. The summed E-state index contributed by atoms with van der Waals surface area (Å²) < 4.78 is 2.46. The maximum atomic E-state index is 4.50. The molecule has 1 aromatic carbocycles. The van der Waals surface area contributed by atoms with Crippen molar-refractivity contribution >= 4 is 0 Å². The van der Waals surface area contributed by atoms with Crippen LogP contribution in [0.15, 0.2) is 49.1 Å². The summed E-state index contributed by atoms with van der Waals surface area (Å²) in [6.45, 7) is 4.62. The van der Waals surface area contributed by atoms with Gasteiger partial charge in [0.2, 0.25) is 0 Å². The third kappa shape index (κ3) is 25.4. The van der Waals surface area contributed by atoms with Gasteiger partial charge in [0.25, 0.3) is 0 Å². The molecule has 2 atom stereocenters. The first kappa shape index (κ1) is 44.6. The first-order valence-electron chi connectivity index (χ1n) is 22.9. The minimum atomic E-state index is 0.570. The molecule has 1 heterocycles. The summed E-state index contributed by atoms with van der Waals surface area (Å²) >= 11 is 0. The molecule has 0 saturated carbocycles. The number of aromatic nitrogens is 2. The fraction of sp³-hybridized carbons (Fsp3) is 0.812. The second kappa shape index (κ2) is 34.5. The molecule has 0 spiro atoms. The van der Waals surface area contributed by atoms with E-state index in [1.807, 2.05) is 6.20 Å². The molecule has 288 valence electrons. The summed E-state index contributed by atoms with van der Waals surface area (Å²) in [5.41, 5.74) is 1.51. The van der Waals surface area contributed by atoms with Gasteiger partial charge in [-0.05, 0) is 30.7 Å². The summed E-state index contributed by atoms with van der Waals surface area (Å²) in [7, 11) is 0. The SMILES string of the molecule is CCCCCCCCCCCCCCCCCCCC(C(CCCCCCCCCCCCCCCCC)Cc1ccccc1)n1ccnc1. The van der Waals surface area contributed by atoms with Crippen LogP contribution in [0.3, 0.4) is 0 Å². The van der Waals surface area contributed by atoms with E-state index in [1.165, 1.54) is 230 Å². The first-order valence-corrected chi connectivity index (χ1v) is 22.9. The van der Waals surface area contributed by atoms with Gasteiger partial charge >= 0.3 is 0 Å². The lowest BCUT2D eigenvalue weighted by atomic mass is 9.84. The van der Waals surface area contributed by atoms with E-state index in [0.29, 0.717) is 12.0 Å². The largest absolute Gasteiger partial charge is 0.334 e. The number of rotatable bonds is 38. The van der Waals surface area contributed by atoms with Gasteiger partial charge in [0.1, 0.15) is 0 Å². The van der Waals surface area contributed by atoms with E-state index in [0.717, 1.165) is 0 Å². The Bertz CT molecular complexity index is 905. The highest BCUT2D eigenvalue weighted by Gasteiger charge is 2.23. The van der Waals surface area contributed by atoms with Gasteiger partial charge in [0.05, 0.1) is 6.33 Å². The molecule has 0 amide bonds. The summed E-state index contributed by atoms with van der Waals surface area (Å²) in [6, 6.07) is 11.9. The Morgan fingerprint density at radius 1 is 0.440 bits per heavy atom. The molecule has 2 nitrogen and oxygen atoms in total. The van der Waals surface area contributed by atoms with E-state index in [9.17, 15) is 0 Å². The zero-order valence-corrected chi connectivity index (χ0v) is 33.9. The molecule has 0 radical (unpaired) electrons. The predicted molar refractivity (Wildman–Crippen MR) is 223 cm³/mol. The van der Waals surface area contributed by atoms with Crippen molar-refractivity contribution in [3.05, 3.63) is 54.6 Å². The second-order valence-electron chi connectivity index (χ2n) is 16.2. The molecule has 1 aromatic heterocycles. The lowest BCUT2D eigenvalue weighted by Gasteiger charge is -2.29. The Morgan fingerprint density at radius 3 is 1.16 bits per heavy atom. The van der Waals surface area contributed by atoms with E-state index in [4.69, 9.17) is 0 Å². The van der Waals surface area contributed by atoms with Crippen LogP contribution in [-0.2, 0) is 6.42 Å². The molecule has 50 heavy (non-hydrogen) atoms. The van der Waals surface area contributed by atoms with E-state index in [-0.39, 0.29) is 0 Å². The average Bonchev–Trinajstić information content (AvgIpc) is 3.68. The van der Waals surface area contributed by atoms with Crippen molar-refractivity contribution in [2.75, 3.05) is 0 Å². The molecule has 0 bridgehead atoms. The van der Waals surface area contributed by atoms with Crippen molar-refractivity contribution in [3.63, 3.8) is 0 Å². The number of imidazole rings is 1. The molecule has 2 heteroatoms. The van der Waals surface area contributed by atoms with Crippen LogP contribution < -0.4 is 0 Å². The molecule has 0 aliphatic carbocycles. The Labute approximate surface area is 313 Å². The summed E-state index contributed by atoms with van der Waals surface area (Å²) in [6.07, 6.45) is 56.2. The van der Waals surface area contributed by atoms with E-state index < -0.39 is 0 Å². The van der Waals surface area contributed by atoms with Crippen LogP contribution in [0.1, 0.15) is 244 Å². The Kier molecular flexibility index (Phi) is 30.8. The van der Waals surface area contributed by atoms with Crippen LogP contribution >= 0.6 is 0 Å². The lowest BCUT2D eigenvalue weighted by Crippen LogP contribution is -2.21. The van der Waals surface area contributed by atoms with Crippen molar-refractivity contribution in [3.8, 4) is 0 Å². The van der Waals surface area contributed by atoms with Crippen molar-refractivity contribution in [2.45, 2.75) is 245 Å². The van der Waals surface area contributed by atoms with E-state index in [1.54, 1.807) is 0 Å². The van der Waals surface area contributed by atoms with Crippen LogP contribution in [0.25, 0.3) is 0 Å². The molecule has 0 N–H and O–H groups in total. The fourth-order valence-electron chi connectivity index (χ4n) is 8.30. The van der Waals surface area contributed by atoms with Crippen molar-refractivity contribution in [1.29, 1.82) is 0 Å². The molecule has 0 aliphatic heterocycles. The second-order valence-corrected chi connectivity index (χ2v) is 16.2. The van der Waals surface area contributed by atoms with Gasteiger partial charge < -0.3 is 4.57 Å². The minimum Gasteiger partial charge on any atom is -0.334 e. The Balaban J connectivity index is 1.60. The van der Waals surface area contributed by atoms with Gasteiger partial charge in [-0.25, -0.2) is 4.98 Å². The smallest absolute Gasteiger partial charge is 0.0948 e. The highest BCUT2D eigenvalue weighted by molar-refractivity contribution is 5.15. The maximum Gasteiger partial charge on any atom is 0.0948 e. The number of hydrogen-bond acceptors (Lipinski definition) is 1. The number of nitrogens with zero attached hydrogens (tertiary/aromatic N) is 2. The monoisotopic (exact) mass is 691 g/mol. The van der Waals surface area contributed by atoms with Crippen LogP contribution in [0.5, 0.6) is 0 Å². The molecule has 0 saturated heterocycles. The third-order valence-electron chi connectivity index (χ3n) is 11.6. The highest BCUT2D eigenvalue weighted by Crippen LogP contribution is 2.32.